The van der Waals surface area contributed by atoms with Crippen molar-refractivity contribution in [3.8, 4) is 5.75 Å². The van der Waals surface area contributed by atoms with Crippen LogP contribution in [-0.2, 0) is 6.54 Å². The molecule has 148 valence electrons. The SMILES string of the molecule is COc1cccc(C(=O)N2CC(c3nncn3CC3CC3)C3(CCC3)C2)c1C. The van der Waals surface area contributed by atoms with Crippen molar-refractivity contribution in [3.63, 3.8) is 0 Å². The molecule has 6 nitrogen and oxygen atoms in total. The third-order valence-corrected chi connectivity index (χ3v) is 7.13. The molecule has 1 unspecified atom stereocenters. The minimum absolute atomic E-state index is 0.110. The van der Waals surface area contributed by atoms with E-state index in [0.29, 0.717) is 0 Å². The fraction of sp³-hybridized carbons (Fsp3) is 0.591. The Hall–Kier alpha value is -2.37. The van der Waals surface area contributed by atoms with Gasteiger partial charge in [0.2, 0.25) is 0 Å². The summed E-state index contributed by atoms with van der Waals surface area (Å²) >= 11 is 0. The first kappa shape index (κ1) is 17.7. The number of rotatable bonds is 5. The van der Waals surface area contributed by atoms with Gasteiger partial charge in [0.25, 0.3) is 5.91 Å². The van der Waals surface area contributed by atoms with Crippen LogP contribution in [0.5, 0.6) is 5.75 Å². The van der Waals surface area contributed by atoms with Gasteiger partial charge in [-0.05, 0) is 56.1 Å². The molecule has 1 aliphatic heterocycles. The molecule has 2 saturated carbocycles. The summed E-state index contributed by atoms with van der Waals surface area (Å²) in [5.74, 6) is 3.04. The second kappa shape index (κ2) is 6.61. The number of hydrogen-bond donors (Lipinski definition) is 0. The normalized spacial score (nSPS) is 23.1. The van der Waals surface area contributed by atoms with Gasteiger partial charge >= 0.3 is 0 Å². The van der Waals surface area contributed by atoms with Crippen LogP contribution in [0.2, 0.25) is 0 Å². The molecule has 1 atom stereocenters. The molecule has 2 heterocycles. The summed E-state index contributed by atoms with van der Waals surface area (Å²) in [7, 11) is 1.65. The van der Waals surface area contributed by atoms with Crippen LogP contribution in [-0.4, -0.2) is 45.8 Å². The number of carbonyl (C=O) groups is 1. The molecule has 0 radical (unpaired) electrons. The van der Waals surface area contributed by atoms with Crippen molar-refractivity contribution >= 4 is 5.91 Å². The number of benzene rings is 1. The van der Waals surface area contributed by atoms with Gasteiger partial charge in [-0.15, -0.1) is 10.2 Å². The Kier molecular flexibility index (Phi) is 4.18. The molecule has 1 saturated heterocycles. The van der Waals surface area contributed by atoms with Crippen LogP contribution in [0.3, 0.4) is 0 Å². The average Bonchev–Trinajstić information content (AvgIpc) is 3.21. The zero-order chi connectivity index (χ0) is 19.3. The minimum Gasteiger partial charge on any atom is -0.496 e. The molecule has 2 aromatic rings. The molecule has 1 aromatic carbocycles. The lowest BCUT2D eigenvalue weighted by atomic mass is 9.62. The van der Waals surface area contributed by atoms with Crippen LogP contribution in [0.25, 0.3) is 0 Å². The van der Waals surface area contributed by atoms with Crippen molar-refractivity contribution in [2.75, 3.05) is 20.2 Å². The van der Waals surface area contributed by atoms with Crippen molar-refractivity contribution in [2.45, 2.75) is 51.5 Å². The Labute approximate surface area is 165 Å². The van der Waals surface area contributed by atoms with Gasteiger partial charge in [0.05, 0.1) is 7.11 Å². The van der Waals surface area contributed by atoms with E-state index in [9.17, 15) is 4.79 Å². The van der Waals surface area contributed by atoms with Crippen molar-refractivity contribution in [1.82, 2.24) is 19.7 Å². The van der Waals surface area contributed by atoms with E-state index in [1.165, 1.54) is 32.1 Å². The summed E-state index contributed by atoms with van der Waals surface area (Å²) in [4.78, 5) is 15.4. The van der Waals surface area contributed by atoms with E-state index in [-0.39, 0.29) is 17.2 Å². The number of carbonyl (C=O) groups excluding carboxylic acids is 1. The predicted molar refractivity (Wildman–Crippen MR) is 105 cm³/mol. The molecule has 0 N–H and O–H groups in total. The molecule has 28 heavy (non-hydrogen) atoms. The highest BCUT2D eigenvalue weighted by Crippen LogP contribution is 2.55. The molecule has 2 aliphatic carbocycles. The second-order valence-corrected chi connectivity index (χ2v) is 8.87. The zero-order valence-corrected chi connectivity index (χ0v) is 16.7. The van der Waals surface area contributed by atoms with Crippen molar-refractivity contribution in [1.29, 1.82) is 0 Å². The monoisotopic (exact) mass is 380 g/mol. The molecule has 1 aromatic heterocycles. The molecule has 1 amide bonds. The second-order valence-electron chi connectivity index (χ2n) is 8.87. The highest BCUT2D eigenvalue weighted by molar-refractivity contribution is 5.96. The summed E-state index contributed by atoms with van der Waals surface area (Å²) in [5, 5.41) is 8.75. The van der Waals surface area contributed by atoms with E-state index >= 15 is 0 Å². The molecule has 6 heteroatoms. The average molecular weight is 380 g/mol. The van der Waals surface area contributed by atoms with E-state index in [1.807, 2.05) is 36.4 Å². The van der Waals surface area contributed by atoms with Gasteiger partial charge < -0.3 is 14.2 Å². The quantitative estimate of drug-likeness (QED) is 0.797. The fourth-order valence-electron chi connectivity index (χ4n) is 5.11. The largest absolute Gasteiger partial charge is 0.496 e. The van der Waals surface area contributed by atoms with E-state index < -0.39 is 0 Å². The number of amides is 1. The molecule has 0 bridgehead atoms. The van der Waals surface area contributed by atoms with Crippen molar-refractivity contribution < 1.29 is 9.53 Å². The summed E-state index contributed by atoms with van der Waals surface area (Å²) in [6, 6.07) is 5.72. The van der Waals surface area contributed by atoms with E-state index in [2.05, 4.69) is 14.8 Å². The van der Waals surface area contributed by atoms with Gasteiger partial charge in [-0.1, -0.05) is 12.5 Å². The standard InChI is InChI=1S/C22H28N4O2/c1-15-17(5-3-6-19(15)28-2)21(27)25-12-18(22(13-25)9-4-10-22)20-24-23-14-26(20)11-16-7-8-16/h3,5-6,14,16,18H,4,7-13H2,1-2H3. The van der Waals surface area contributed by atoms with Crippen LogP contribution in [0.15, 0.2) is 24.5 Å². The highest BCUT2D eigenvalue weighted by atomic mass is 16.5. The van der Waals surface area contributed by atoms with E-state index in [4.69, 9.17) is 4.74 Å². The van der Waals surface area contributed by atoms with Gasteiger partial charge in [-0.2, -0.15) is 0 Å². The van der Waals surface area contributed by atoms with E-state index in [0.717, 1.165) is 48.3 Å². The Bertz CT molecular complexity index is 898. The van der Waals surface area contributed by atoms with Gasteiger partial charge in [-0.3, -0.25) is 4.79 Å². The Balaban J connectivity index is 1.43. The molecule has 5 rings (SSSR count). The van der Waals surface area contributed by atoms with Crippen LogP contribution in [0.1, 0.15) is 59.8 Å². The molecular formula is C22H28N4O2. The first-order chi connectivity index (χ1) is 13.6. The Morgan fingerprint density at radius 2 is 2.14 bits per heavy atom. The number of hydrogen-bond acceptors (Lipinski definition) is 4. The number of nitrogens with zero attached hydrogens (tertiary/aromatic N) is 4. The summed E-state index contributed by atoms with van der Waals surface area (Å²) in [5.41, 5.74) is 1.84. The molecular weight excluding hydrogens is 352 g/mol. The third kappa shape index (κ3) is 2.81. The topological polar surface area (TPSA) is 60.2 Å². The van der Waals surface area contributed by atoms with Crippen LogP contribution >= 0.6 is 0 Å². The lowest BCUT2D eigenvalue weighted by Gasteiger charge is -2.42. The van der Waals surface area contributed by atoms with Gasteiger partial charge in [0, 0.05) is 36.7 Å². The number of methoxy groups -OCH3 is 1. The van der Waals surface area contributed by atoms with Crippen LogP contribution in [0, 0.1) is 18.3 Å². The Morgan fingerprint density at radius 1 is 1.32 bits per heavy atom. The third-order valence-electron chi connectivity index (χ3n) is 7.13. The van der Waals surface area contributed by atoms with Gasteiger partial charge in [-0.25, -0.2) is 0 Å². The maximum atomic E-state index is 13.4. The minimum atomic E-state index is 0.110. The number of likely N-dealkylation sites (tertiary alicyclic amines) is 1. The summed E-state index contributed by atoms with van der Waals surface area (Å²) < 4.78 is 7.68. The predicted octanol–water partition coefficient (Wildman–Crippen LogP) is 3.42. The number of ether oxygens (including phenoxy) is 1. The fourth-order valence-corrected chi connectivity index (χ4v) is 5.11. The summed E-state index contributed by atoms with van der Waals surface area (Å²) in [6.07, 6.45) is 8.11. The maximum absolute atomic E-state index is 13.4. The summed E-state index contributed by atoms with van der Waals surface area (Å²) in [6.45, 7) is 4.55. The van der Waals surface area contributed by atoms with Gasteiger partial charge in [0.1, 0.15) is 17.9 Å². The molecule has 3 aliphatic rings. The molecule has 3 fully saturated rings. The number of aromatic nitrogens is 3. The maximum Gasteiger partial charge on any atom is 0.254 e. The Morgan fingerprint density at radius 3 is 2.82 bits per heavy atom. The first-order valence-electron chi connectivity index (χ1n) is 10.4. The van der Waals surface area contributed by atoms with Crippen molar-refractivity contribution in [3.05, 3.63) is 41.5 Å². The van der Waals surface area contributed by atoms with Gasteiger partial charge in [0.15, 0.2) is 0 Å². The first-order valence-corrected chi connectivity index (χ1v) is 10.4. The van der Waals surface area contributed by atoms with Crippen LogP contribution < -0.4 is 4.74 Å². The lowest BCUT2D eigenvalue weighted by Crippen LogP contribution is -2.38. The van der Waals surface area contributed by atoms with Crippen LogP contribution in [0.4, 0.5) is 0 Å². The highest BCUT2D eigenvalue weighted by Gasteiger charge is 2.53. The molecule has 1 spiro atoms. The lowest BCUT2D eigenvalue weighted by molar-refractivity contribution is 0.0722. The van der Waals surface area contributed by atoms with E-state index in [1.54, 1.807) is 7.11 Å². The van der Waals surface area contributed by atoms with Crippen molar-refractivity contribution in [2.24, 2.45) is 11.3 Å². The zero-order valence-electron chi connectivity index (χ0n) is 16.7. The smallest absolute Gasteiger partial charge is 0.254 e.